The molecule has 1 N–H and O–H groups in total. The molecule has 1 saturated heterocycles. The largest absolute Gasteiger partial charge is 0.497 e. The maximum absolute atomic E-state index is 12.8. The number of benzene rings is 2. The van der Waals surface area contributed by atoms with Gasteiger partial charge in [0.15, 0.2) is 0 Å². The van der Waals surface area contributed by atoms with Crippen molar-refractivity contribution in [2.45, 2.75) is 25.1 Å². The van der Waals surface area contributed by atoms with Gasteiger partial charge in [-0.25, -0.2) is 4.79 Å². The summed E-state index contributed by atoms with van der Waals surface area (Å²) in [5.74, 6) is -0.405. The second kappa shape index (κ2) is 6.75. The highest BCUT2D eigenvalue weighted by Gasteiger charge is 2.46. The molecule has 2 heterocycles. The Morgan fingerprint density at radius 1 is 1.19 bits per heavy atom. The standard InChI is InChI=1S/C20H18N2O5/c1-26-13-6-4-5-12(11-13)21-18(24)16-9-10-17(23)22(16)19-14-7-2-3-8-15(14)20(25)27-19/h2-8,11,16,19H,9-10H2,1H3,(H,21,24)/t16-,19-/m0/s1. The first kappa shape index (κ1) is 17.1. The van der Waals surface area contributed by atoms with Gasteiger partial charge in [0.2, 0.25) is 18.0 Å². The number of cyclic esters (lactones) is 1. The van der Waals surface area contributed by atoms with Gasteiger partial charge in [-0.2, -0.15) is 0 Å². The molecule has 27 heavy (non-hydrogen) atoms. The van der Waals surface area contributed by atoms with E-state index in [0.717, 1.165) is 0 Å². The summed E-state index contributed by atoms with van der Waals surface area (Å²) >= 11 is 0. The first-order chi connectivity index (χ1) is 13.1. The van der Waals surface area contributed by atoms with Crippen molar-refractivity contribution in [2.24, 2.45) is 0 Å². The Morgan fingerprint density at radius 2 is 2.00 bits per heavy atom. The number of amides is 2. The highest BCUT2D eigenvalue weighted by atomic mass is 16.6. The number of likely N-dealkylation sites (tertiary alicyclic amines) is 1. The molecule has 2 amide bonds. The van der Waals surface area contributed by atoms with Crippen molar-refractivity contribution in [3.05, 3.63) is 59.7 Å². The summed E-state index contributed by atoms with van der Waals surface area (Å²) in [5, 5.41) is 2.81. The van der Waals surface area contributed by atoms with Crippen LogP contribution in [-0.2, 0) is 14.3 Å². The quantitative estimate of drug-likeness (QED) is 0.841. The number of carbonyl (C=O) groups is 3. The summed E-state index contributed by atoms with van der Waals surface area (Å²) in [7, 11) is 1.55. The van der Waals surface area contributed by atoms with E-state index in [1.54, 1.807) is 55.6 Å². The molecule has 4 rings (SSSR count). The van der Waals surface area contributed by atoms with Crippen molar-refractivity contribution in [2.75, 3.05) is 12.4 Å². The molecule has 2 aromatic rings. The number of methoxy groups -OCH3 is 1. The lowest BCUT2D eigenvalue weighted by Crippen LogP contribution is -2.43. The van der Waals surface area contributed by atoms with Gasteiger partial charge in [-0.1, -0.05) is 24.3 Å². The van der Waals surface area contributed by atoms with Crippen LogP contribution in [0.4, 0.5) is 5.69 Å². The Kier molecular flexibility index (Phi) is 4.27. The van der Waals surface area contributed by atoms with Crippen LogP contribution in [0.2, 0.25) is 0 Å². The second-order valence-corrected chi connectivity index (χ2v) is 6.42. The fourth-order valence-corrected chi connectivity index (χ4v) is 3.51. The third-order valence-electron chi connectivity index (χ3n) is 4.81. The van der Waals surface area contributed by atoms with Crippen LogP contribution in [0.1, 0.15) is 35.0 Å². The third-order valence-corrected chi connectivity index (χ3v) is 4.81. The van der Waals surface area contributed by atoms with E-state index in [2.05, 4.69) is 5.32 Å². The van der Waals surface area contributed by atoms with E-state index in [1.165, 1.54) is 4.90 Å². The summed E-state index contributed by atoms with van der Waals surface area (Å²) in [6.07, 6.45) is -0.276. The number of hydrogen-bond acceptors (Lipinski definition) is 5. The maximum Gasteiger partial charge on any atom is 0.340 e. The summed E-state index contributed by atoms with van der Waals surface area (Å²) < 4.78 is 10.6. The molecule has 0 aliphatic carbocycles. The molecule has 7 nitrogen and oxygen atoms in total. The van der Waals surface area contributed by atoms with E-state index in [4.69, 9.17) is 9.47 Å². The van der Waals surface area contributed by atoms with Crippen LogP contribution in [0.25, 0.3) is 0 Å². The zero-order chi connectivity index (χ0) is 19.0. The van der Waals surface area contributed by atoms with Crippen molar-refractivity contribution < 1.29 is 23.9 Å². The van der Waals surface area contributed by atoms with E-state index < -0.39 is 18.2 Å². The second-order valence-electron chi connectivity index (χ2n) is 6.42. The van der Waals surface area contributed by atoms with E-state index in [0.29, 0.717) is 29.0 Å². The SMILES string of the molecule is COc1cccc(NC(=O)[C@@H]2CCC(=O)N2[C@H]2OC(=O)c3ccccc32)c1. The van der Waals surface area contributed by atoms with Gasteiger partial charge in [0, 0.05) is 23.7 Å². The minimum absolute atomic E-state index is 0.213. The molecule has 2 aromatic carbocycles. The molecular formula is C20H18N2O5. The summed E-state index contributed by atoms with van der Waals surface area (Å²) in [4.78, 5) is 38.8. The van der Waals surface area contributed by atoms with Crippen LogP contribution in [0, 0.1) is 0 Å². The van der Waals surface area contributed by atoms with Gasteiger partial charge in [0.05, 0.1) is 12.7 Å². The highest BCUT2D eigenvalue weighted by Crippen LogP contribution is 2.38. The van der Waals surface area contributed by atoms with Gasteiger partial charge in [0.1, 0.15) is 11.8 Å². The first-order valence-electron chi connectivity index (χ1n) is 8.64. The Bertz CT molecular complexity index is 926. The van der Waals surface area contributed by atoms with Crippen LogP contribution in [0.15, 0.2) is 48.5 Å². The Morgan fingerprint density at radius 3 is 2.81 bits per heavy atom. The average molecular weight is 366 g/mol. The first-order valence-corrected chi connectivity index (χ1v) is 8.64. The lowest BCUT2D eigenvalue weighted by atomic mass is 10.1. The van der Waals surface area contributed by atoms with Crippen LogP contribution in [0.5, 0.6) is 5.75 Å². The Hall–Kier alpha value is -3.35. The molecule has 2 aliphatic heterocycles. The van der Waals surface area contributed by atoms with Crippen LogP contribution >= 0.6 is 0 Å². The maximum atomic E-state index is 12.8. The number of ether oxygens (including phenoxy) is 2. The number of esters is 1. The molecule has 7 heteroatoms. The van der Waals surface area contributed by atoms with Crippen molar-refractivity contribution in [1.29, 1.82) is 0 Å². The van der Waals surface area contributed by atoms with Crippen molar-refractivity contribution >= 4 is 23.5 Å². The topological polar surface area (TPSA) is 84.9 Å². The Balaban J connectivity index is 1.58. The molecule has 2 aliphatic rings. The number of rotatable bonds is 4. The molecule has 0 spiro atoms. The van der Waals surface area contributed by atoms with Crippen molar-refractivity contribution in [3.8, 4) is 5.75 Å². The molecule has 0 aromatic heterocycles. The third kappa shape index (κ3) is 3.01. The number of fused-ring (bicyclic) bond motifs is 1. The van der Waals surface area contributed by atoms with Crippen LogP contribution in [-0.4, -0.2) is 35.8 Å². The van der Waals surface area contributed by atoms with Gasteiger partial charge in [-0.15, -0.1) is 0 Å². The normalized spacial score (nSPS) is 21.0. The average Bonchev–Trinajstić information content (AvgIpc) is 3.22. The van der Waals surface area contributed by atoms with Crippen molar-refractivity contribution in [1.82, 2.24) is 4.90 Å². The van der Waals surface area contributed by atoms with Crippen LogP contribution in [0.3, 0.4) is 0 Å². The van der Waals surface area contributed by atoms with Gasteiger partial charge in [0.25, 0.3) is 0 Å². The van der Waals surface area contributed by atoms with Gasteiger partial charge < -0.3 is 14.8 Å². The monoisotopic (exact) mass is 366 g/mol. The fourth-order valence-electron chi connectivity index (χ4n) is 3.51. The Labute approximate surface area is 155 Å². The lowest BCUT2D eigenvalue weighted by molar-refractivity contribution is -0.144. The molecule has 1 fully saturated rings. The molecule has 138 valence electrons. The smallest absolute Gasteiger partial charge is 0.340 e. The van der Waals surface area contributed by atoms with Gasteiger partial charge in [-0.05, 0) is 24.6 Å². The fraction of sp³-hybridized carbons (Fsp3) is 0.250. The molecule has 0 radical (unpaired) electrons. The minimum Gasteiger partial charge on any atom is -0.497 e. The number of anilines is 1. The molecule has 0 bridgehead atoms. The predicted octanol–water partition coefficient (Wildman–Crippen LogP) is 2.49. The summed E-state index contributed by atoms with van der Waals surface area (Å²) in [5.41, 5.74) is 1.61. The lowest BCUT2D eigenvalue weighted by Gasteiger charge is -2.29. The van der Waals surface area contributed by atoms with Gasteiger partial charge >= 0.3 is 5.97 Å². The number of hydrogen-bond donors (Lipinski definition) is 1. The zero-order valence-electron chi connectivity index (χ0n) is 14.7. The van der Waals surface area contributed by atoms with E-state index in [9.17, 15) is 14.4 Å². The number of nitrogens with zero attached hydrogens (tertiary/aromatic N) is 1. The predicted molar refractivity (Wildman–Crippen MR) is 96.1 cm³/mol. The molecular weight excluding hydrogens is 348 g/mol. The van der Waals surface area contributed by atoms with Crippen LogP contribution < -0.4 is 10.1 Å². The number of nitrogens with one attached hydrogen (secondary N) is 1. The minimum atomic E-state index is -0.871. The number of carbonyl (C=O) groups excluding carboxylic acids is 3. The summed E-state index contributed by atoms with van der Waals surface area (Å²) in [6, 6.07) is 13.2. The van der Waals surface area contributed by atoms with E-state index >= 15 is 0 Å². The van der Waals surface area contributed by atoms with Gasteiger partial charge in [-0.3, -0.25) is 14.5 Å². The van der Waals surface area contributed by atoms with Crippen molar-refractivity contribution in [3.63, 3.8) is 0 Å². The zero-order valence-corrected chi connectivity index (χ0v) is 14.7. The molecule has 0 saturated carbocycles. The highest BCUT2D eigenvalue weighted by molar-refractivity contribution is 6.00. The van der Waals surface area contributed by atoms with E-state index in [-0.39, 0.29) is 18.2 Å². The molecule has 0 unspecified atom stereocenters. The molecule has 2 atom stereocenters. The summed E-state index contributed by atoms with van der Waals surface area (Å²) in [6.45, 7) is 0. The van der Waals surface area contributed by atoms with E-state index in [1.807, 2.05) is 0 Å².